The molecule has 2 aliphatic rings. The number of carbonyl (C=O) groups excluding carboxylic acids is 1. The number of nitro groups is 1. The van der Waals surface area contributed by atoms with Gasteiger partial charge in [-0.15, -0.1) is 0 Å². The number of pyridine rings is 1. The van der Waals surface area contributed by atoms with E-state index in [-0.39, 0.29) is 71.4 Å². The molecule has 15 nitrogen and oxygen atoms in total. The quantitative estimate of drug-likeness (QED) is 0.169. The van der Waals surface area contributed by atoms with Crippen molar-refractivity contribution < 1.29 is 32.0 Å². The van der Waals surface area contributed by atoms with Gasteiger partial charge in [0.15, 0.2) is 5.82 Å². The highest BCUT2D eigenvalue weighted by Gasteiger charge is 2.39. The number of carbonyl (C=O) groups is 1. The number of amides is 1. The third-order valence-corrected chi connectivity index (χ3v) is 8.98. The average Bonchev–Trinajstić information content (AvgIpc) is 3.68. The maximum Gasteiger partial charge on any atom is 0.491 e. The number of nitrogen functional groups attached to an aromatic ring is 1. The van der Waals surface area contributed by atoms with Gasteiger partial charge in [0.25, 0.3) is 0 Å². The molecule has 1 aromatic carbocycles. The minimum atomic E-state index is -4.91. The normalized spacial score (nSPS) is 18.8. The fourth-order valence-corrected chi connectivity index (χ4v) is 6.56. The first-order valence-corrected chi connectivity index (χ1v) is 15.5. The van der Waals surface area contributed by atoms with Crippen LogP contribution in [0.25, 0.3) is 22.2 Å². The molecule has 0 aliphatic carbocycles. The zero-order valence-corrected chi connectivity index (χ0v) is 27.2. The fourth-order valence-electron chi connectivity index (χ4n) is 6.28. The van der Waals surface area contributed by atoms with Crippen molar-refractivity contribution in [2.75, 3.05) is 50.5 Å². The van der Waals surface area contributed by atoms with Gasteiger partial charge >= 0.3 is 24.2 Å². The van der Waals surface area contributed by atoms with Crippen LogP contribution >= 0.6 is 11.6 Å². The van der Waals surface area contributed by atoms with E-state index in [1.165, 1.54) is 17.9 Å². The van der Waals surface area contributed by atoms with Crippen LogP contribution in [0.3, 0.4) is 0 Å². The Bertz CT molecular complexity index is 1960. The molecule has 0 saturated carbocycles. The second-order valence-electron chi connectivity index (χ2n) is 12.0. The van der Waals surface area contributed by atoms with E-state index in [4.69, 9.17) is 22.1 Å². The summed E-state index contributed by atoms with van der Waals surface area (Å²) in [7, 11) is 1.94. The van der Waals surface area contributed by atoms with Crippen molar-refractivity contribution >= 4 is 46.1 Å². The lowest BCUT2D eigenvalue weighted by molar-refractivity contribution is -0.394. The van der Waals surface area contributed by atoms with Crippen molar-refractivity contribution in [2.45, 2.75) is 44.9 Å². The minimum Gasteiger partial charge on any atom is -0.462 e. The second kappa shape index (κ2) is 12.8. The van der Waals surface area contributed by atoms with Crippen molar-refractivity contribution in [3.8, 4) is 17.3 Å². The summed E-state index contributed by atoms with van der Waals surface area (Å²) in [6, 6.07) is 1.04. The van der Waals surface area contributed by atoms with Gasteiger partial charge in [0.1, 0.15) is 23.8 Å². The van der Waals surface area contributed by atoms with Gasteiger partial charge in [0.2, 0.25) is 6.33 Å². The highest BCUT2D eigenvalue weighted by atomic mass is 35.5. The number of likely N-dealkylation sites (N-methyl/N-ethyl adjacent to an activating group) is 1. The summed E-state index contributed by atoms with van der Waals surface area (Å²) < 4.78 is 66.2. The van der Waals surface area contributed by atoms with E-state index in [0.717, 1.165) is 36.5 Å². The predicted molar refractivity (Wildman–Crippen MR) is 169 cm³/mol. The Morgan fingerprint density at radius 3 is 2.59 bits per heavy atom. The van der Waals surface area contributed by atoms with E-state index in [1.54, 1.807) is 11.8 Å². The van der Waals surface area contributed by atoms with Crippen LogP contribution in [-0.2, 0) is 6.18 Å². The molecule has 20 heteroatoms. The number of benzene rings is 1. The van der Waals surface area contributed by atoms with Crippen LogP contribution in [0.1, 0.15) is 30.9 Å². The zero-order valence-electron chi connectivity index (χ0n) is 26.4. The van der Waals surface area contributed by atoms with Crippen LogP contribution < -0.4 is 15.4 Å². The zero-order chi connectivity index (χ0) is 35.4. The summed E-state index contributed by atoms with van der Waals surface area (Å²) in [5.74, 6) is -1.99. The fraction of sp³-hybridized carbons (Fsp3) is 0.448. The molecule has 0 radical (unpaired) electrons. The van der Waals surface area contributed by atoms with Crippen molar-refractivity contribution in [3.63, 3.8) is 0 Å². The Morgan fingerprint density at radius 1 is 1.20 bits per heavy atom. The Morgan fingerprint density at radius 2 is 1.96 bits per heavy atom. The molecular formula is C29H30ClF4N11O4. The van der Waals surface area contributed by atoms with Crippen LogP contribution in [0.15, 0.2) is 18.5 Å². The van der Waals surface area contributed by atoms with E-state index in [2.05, 4.69) is 29.9 Å². The van der Waals surface area contributed by atoms with Crippen molar-refractivity contribution in [1.29, 1.82) is 0 Å². The number of anilines is 2. The molecule has 2 aliphatic heterocycles. The van der Waals surface area contributed by atoms with E-state index in [9.17, 15) is 28.1 Å². The minimum absolute atomic E-state index is 0.0447. The Labute approximate surface area is 280 Å². The van der Waals surface area contributed by atoms with Crippen LogP contribution in [0.4, 0.5) is 39.9 Å². The summed E-state index contributed by atoms with van der Waals surface area (Å²) in [6.07, 6.45) is -2.15. The molecule has 2 atom stereocenters. The van der Waals surface area contributed by atoms with Gasteiger partial charge in [-0.1, -0.05) is 21.3 Å². The molecule has 6 rings (SSSR count). The molecule has 2 N–H and O–H groups in total. The van der Waals surface area contributed by atoms with Gasteiger partial charge in [-0.05, 0) is 62.9 Å². The SMILES string of the molecule is Cc1cc(N)nc(-c2c(Cl)cc3c(N4CCN(C(=O)n5cnc([N+](=O)[O-])n5)C[C@@H]4C)nc(OC[C@@H]4CCCN4C)nc3c2F)c1C(F)(F)F. The standard InChI is InChI=1S/C29H30ClF4N11O4/c1-14-9-19(35)37-24(21(14)29(32,33)34)20-18(30)10-17-23(22(20)31)38-27(49-12-16-5-4-6-41(16)3)39-25(17)43-8-7-42(11-15(43)2)28(46)44-13-36-26(40-44)45(47)48/h9-10,13,15-16H,4-8,11-12H2,1-3H3,(H2,35,37)/t15-,16-/m0/s1. The number of alkyl halides is 3. The number of hydrogen-bond acceptors (Lipinski definition) is 12. The lowest BCUT2D eigenvalue weighted by atomic mass is 9.99. The molecule has 260 valence electrons. The molecule has 4 aromatic rings. The third kappa shape index (κ3) is 6.46. The number of aryl methyl sites for hydroxylation is 1. The number of ether oxygens (including phenoxy) is 1. The summed E-state index contributed by atoms with van der Waals surface area (Å²) in [5.41, 5.74) is 2.59. The number of nitrogens with zero attached hydrogens (tertiary/aromatic N) is 10. The van der Waals surface area contributed by atoms with Gasteiger partial charge in [-0.3, -0.25) is 0 Å². The number of fused-ring (bicyclic) bond motifs is 1. The van der Waals surface area contributed by atoms with E-state index < -0.39 is 51.8 Å². The lowest BCUT2D eigenvalue weighted by Gasteiger charge is -2.40. The van der Waals surface area contributed by atoms with E-state index in [0.29, 0.717) is 0 Å². The summed E-state index contributed by atoms with van der Waals surface area (Å²) in [6.45, 7) is 4.35. The van der Waals surface area contributed by atoms with Crippen molar-refractivity contribution in [2.24, 2.45) is 0 Å². The second-order valence-corrected chi connectivity index (χ2v) is 12.4. The van der Waals surface area contributed by atoms with Crippen LogP contribution in [0.2, 0.25) is 5.02 Å². The highest BCUT2D eigenvalue weighted by Crippen LogP contribution is 2.44. The molecule has 3 aromatic heterocycles. The van der Waals surface area contributed by atoms with Gasteiger partial charge < -0.3 is 35.3 Å². The largest absolute Gasteiger partial charge is 0.491 e. The average molecular weight is 708 g/mol. The maximum absolute atomic E-state index is 16.7. The number of aromatic nitrogens is 6. The molecule has 2 saturated heterocycles. The number of halogens is 5. The lowest BCUT2D eigenvalue weighted by Crippen LogP contribution is -2.55. The Hall–Kier alpha value is -4.91. The van der Waals surface area contributed by atoms with E-state index in [1.807, 2.05) is 7.05 Å². The van der Waals surface area contributed by atoms with Gasteiger partial charge in [-0.25, -0.2) is 14.2 Å². The molecule has 0 unspecified atom stereocenters. The van der Waals surface area contributed by atoms with E-state index >= 15 is 4.39 Å². The maximum atomic E-state index is 16.7. The van der Waals surface area contributed by atoms with Crippen molar-refractivity contribution in [1.82, 2.24) is 39.5 Å². The first kappa shape index (κ1) is 34.0. The molecule has 0 bridgehead atoms. The van der Waals surface area contributed by atoms with Crippen LogP contribution in [0, 0.1) is 22.9 Å². The number of nitrogens with two attached hydrogens (primary N) is 1. The molecule has 49 heavy (non-hydrogen) atoms. The number of likely N-dealkylation sites (tertiary alicyclic amines) is 1. The molecule has 5 heterocycles. The number of rotatable bonds is 6. The van der Waals surface area contributed by atoms with Crippen LogP contribution in [0.5, 0.6) is 6.01 Å². The van der Waals surface area contributed by atoms with Gasteiger partial charge in [-0.2, -0.15) is 23.1 Å². The number of piperazine rings is 1. The first-order chi connectivity index (χ1) is 23.1. The topological polar surface area (TPSA) is 175 Å². The van der Waals surface area contributed by atoms with Crippen LogP contribution in [-0.4, -0.2) is 102 Å². The first-order valence-electron chi connectivity index (χ1n) is 15.1. The Kier molecular flexibility index (Phi) is 8.91. The molecule has 2 fully saturated rings. The smallest absolute Gasteiger partial charge is 0.462 e. The van der Waals surface area contributed by atoms with Gasteiger partial charge in [0, 0.05) is 42.2 Å². The predicted octanol–water partition coefficient (Wildman–Crippen LogP) is 4.55. The summed E-state index contributed by atoms with van der Waals surface area (Å²) in [5, 5.41) is 14.3. The van der Waals surface area contributed by atoms with Gasteiger partial charge in [0.05, 0.1) is 21.8 Å². The third-order valence-electron chi connectivity index (χ3n) is 8.68. The monoisotopic (exact) mass is 707 g/mol. The molecular weight excluding hydrogens is 678 g/mol. The Balaban J connectivity index is 1.43. The summed E-state index contributed by atoms with van der Waals surface area (Å²) in [4.78, 5) is 44.8. The van der Waals surface area contributed by atoms with Crippen molar-refractivity contribution in [3.05, 3.63) is 50.5 Å². The molecule has 1 amide bonds. The summed E-state index contributed by atoms with van der Waals surface area (Å²) >= 11 is 6.56. The molecule has 0 spiro atoms. The number of hydrogen-bond donors (Lipinski definition) is 1. The highest BCUT2D eigenvalue weighted by molar-refractivity contribution is 6.34.